The monoisotopic (exact) mass is 421 g/mol. The Labute approximate surface area is 158 Å². The van der Waals surface area contributed by atoms with Gasteiger partial charge in [-0.15, -0.1) is 11.3 Å². The van der Waals surface area contributed by atoms with Crippen LogP contribution in [0.3, 0.4) is 0 Å². The molecule has 6 nitrogen and oxygen atoms in total. The summed E-state index contributed by atoms with van der Waals surface area (Å²) < 4.78 is 65.2. The van der Waals surface area contributed by atoms with Crippen LogP contribution in [0, 0.1) is 0 Å². The molecule has 1 aromatic heterocycles. The Bertz CT molecular complexity index is 849. The number of nitrogens with zero attached hydrogens (tertiary/aromatic N) is 1. The van der Waals surface area contributed by atoms with Crippen LogP contribution in [-0.2, 0) is 16.3 Å². The first-order chi connectivity index (χ1) is 12.7. The van der Waals surface area contributed by atoms with Crippen molar-refractivity contribution < 1.29 is 26.3 Å². The number of alkyl halides is 3. The molecule has 0 saturated heterocycles. The van der Waals surface area contributed by atoms with Crippen LogP contribution < -0.4 is 15.8 Å². The van der Waals surface area contributed by atoms with Crippen LogP contribution in [0.1, 0.15) is 4.88 Å². The van der Waals surface area contributed by atoms with Gasteiger partial charge in [0.15, 0.2) is 5.96 Å². The number of nitrogens with two attached hydrogens (primary N) is 1. The summed E-state index contributed by atoms with van der Waals surface area (Å²) in [6.45, 7) is 1.05. The van der Waals surface area contributed by atoms with E-state index in [-0.39, 0.29) is 18.3 Å². The molecule has 0 atom stereocenters. The van der Waals surface area contributed by atoms with E-state index in [9.17, 15) is 21.6 Å². The first-order valence-corrected chi connectivity index (χ1v) is 10.2. The minimum atomic E-state index is -5.35. The summed E-state index contributed by atoms with van der Waals surface area (Å²) in [6, 6.07) is 8.02. The Morgan fingerprint density at radius 3 is 2.52 bits per heavy atom. The number of rotatable bonds is 8. The Balaban J connectivity index is 1.74. The van der Waals surface area contributed by atoms with Crippen molar-refractivity contribution in [2.75, 3.05) is 19.7 Å². The van der Waals surface area contributed by atoms with Gasteiger partial charge < -0.3 is 15.8 Å². The first kappa shape index (κ1) is 21.0. The molecular formula is C16H18F3N3O3S2. The molecule has 0 saturated carbocycles. The fourth-order valence-electron chi connectivity index (χ4n) is 1.99. The number of sulfone groups is 1. The van der Waals surface area contributed by atoms with Gasteiger partial charge in [-0.05, 0) is 35.7 Å². The molecule has 2 rings (SSSR count). The number of halogens is 3. The largest absolute Gasteiger partial charge is 0.501 e. The molecule has 1 aromatic carbocycles. The van der Waals surface area contributed by atoms with Crippen molar-refractivity contribution in [3.05, 3.63) is 46.7 Å². The SMILES string of the molecule is NC(=NCCc1cccs1)NCCOc1ccc(S(=O)(=O)C(F)(F)F)cc1. The van der Waals surface area contributed by atoms with Gasteiger partial charge in [-0.25, -0.2) is 8.42 Å². The molecule has 0 fully saturated rings. The number of thiophene rings is 1. The highest BCUT2D eigenvalue weighted by Crippen LogP contribution is 2.30. The van der Waals surface area contributed by atoms with Gasteiger partial charge in [-0.2, -0.15) is 13.2 Å². The number of benzene rings is 1. The van der Waals surface area contributed by atoms with Gasteiger partial charge in [0.1, 0.15) is 12.4 Å². The summed E-state index contributed by atoms with van der Waals surface area (Å²) in [5.41, 5.74) is 0.381. The molecule has 11 heteroatoms. The average molecular weight is 421 g/mol. The topological polar surface area (TPSA) is 93.8 Å². The average Bonchev–Trinajstić information content (AvgIpc) is 3.11. The van der Waals surface area contributed by atoms with Crippen LogP contribution in [0.2, 0.25) is 0 Å². The van der Waals surface area contributed by atoms with Crippen molar-refractivity contribution in [1.82, 2.24) is 5.32 Å². The molecule has 2 aromatic rings. The van der Waals surface area contributed by atoms with Crippen molar-refractivity contribution in [3.8, 4) is 5.75 Å². The molecule has 3 N–H and O–H groups in total. The number of hydrogen-bond donors (Lipinski definition) is 2. The second-order valence-corrected chi connectivity index (χ2v) is 8.27. The molecular weight excluding hydrogens is 403 g/mol. The van der Waals surface area contributed by atoms with Crippen molar-refractivity contribution >= 4 is 27.1 Å². The minimum Gasteiger partial charge on any atom is -0.492 e. The van der Waals surface area contributed by atoms with E-state index in [1.165, 1.54) is 4.88 Å². The van der Waals surface area contributed by atoms with E-state index in [0.29, 0.717) is 13.1 Å². The van der Waals surface area contributed by atoms with Gasteiger partial charge in [-0.1, -0.05) is 6.07 Å². The molecule has 0 spiro atoms. The lowest BCUT2D eigenvalue weighted by Gasteiger charge is -2.10. The summed E-state index contributed by atoms with van der Waals surface area (Å²) in [4.78, 5) is 4.55. The fourth-order valence-corrected chi connectivity index (χ4v) is 3.45. The quantitative estimate of drug-likeness (QED) is 0.388. The van der Waals surface area contributed by atoms with Gasteiger partial charge in [0, 0.05) is 17.8 Å². The number of aliphatic imine (C=N–C) groups is 1. The van der Waals surface area contributed by atoms with E-state index in [1.54, 1.807) is 11.3 Å². The summed E-state index contributed by atoms with van der Waals surface area (Å²) in [6.07, 6.45) is 0.795. The molecule has 0 bridgehead atoms. The van der Waals surface area contributed by atoms with E-state index >= 15 is 0 Å². The zero-order chi connectivity index (χ0) is 19.9. The summed E-state index contributed by atoms with van der Waals surface area (Å²) in [7, 11) is -5.35. The molecule has 0 unspecified atom stereocenters. The molecule has 0 aliphatic carbocycles. The standard InChI is InChI=1S/C16H18F3N3O3S2/c17-16(18,19)27(23,24)14-5-3-12(4-6-14)25-10-9-22-15(20)21-8-7-13-2-1-11-26-13/h1-6,11H,7-10H2,(H3,20,21,22). The van der Waals surface area contributed by atoms with Gasteiger partial charge in [0.05, 0.1) is 11.4 Å². The maximum Gasteiger partial charge on any atom is 0.501 e. The molecule has 148 valence electrons. The van der Waals surface area contributed by atoms with Crippen LogP contribution in [0.4, 0.5) is 13.2 Å². The maximum absolute atomic E-state index is 12.5. The van der Waals surface area contributed by atoms with Crippen LogP contribution in [0.25, 0.3) is 0 Å². The van der Waals surface area contributed by atoms with Crippen molar-refractivity contribution in [1.29, 1.82) is 0 Å². The van der Waals surface area contributed by atoms with Gasteiger partial charge in [0.25, 0.3) is 9.84 Å². The zero-order valence-electron chi connectivity index (χ0n) is 14.1. The molecule has 0 amide bonds. The predicted molar refractivity (Wildman–Crippen MR) is 97.7 cm³/mol. The predicted octanol–water partition coefficient (Wildman–Crippen LogP) is 2.57. The smallest absolute Gasteiger partial charge is 0.492 e. The van der Waals surface area contributed by atoms with Crippen LogP contribution in [-0.4, -0.2) is 39.6 Å². The highest BCUT2D eigenvalue weighted by atomic mass is 32.2. The summed E-state index contributed by atoms with van der Waals surface area (Å²) in [5.74, 6) is 0.507. The molecule has 0 aliphatic heterocycles. The third-order valence-electron chi connectivity index (χ3n) is 3.34. The first-order valence-electron chi connectivity index (χ1n) is 7.80. The van der Waals surface area contributed by atoms with E-state index in [0.717, 1.165) is 30.7 Å². The third kappa shape index (κ3) is 6.14. The van der Waals surface area contributed by atoms with Crippen LogP contribution in [0.5, 0.6) is 5.75 Å². The Morgan fingerprint density at radius 2 is 1.93 bits per heavy atom. The second-order valence-electron chi connectivity index (χ2n) is 5.29. The molecule has 0 radical (unpaired) electrons. The van der Waals surface area contributed by atoms with Gasteiger partial charge in [0.2, 0.25) is 0 Å². The molecule has 1 heterocycles. The Hall–Kier alpha value is -2.27. The number of nitrogens with one attached hydrogen (secondary N) is 1. The highest BCUT2D eigenvalue weighted by Gasteiger charge is 2.46. The van der Waals surface area contributed by atoms with Crippen molar-refractivity contribution in [3.63, 3.8) is 0 Å². The van der Waals surface area contributed by atoms with Gasteiger partial charge >= 0.3 is 5.51 Å². The van der Waals surface area contributed by atoms with Crippen molar-refractivity contribution in [2.45, 2.75) is 16.8 Å². The van der Waals surface area contributed by atoms with Crippen LogP contribution >= 0.6 is 11.3 Å². The zero-order valence-corrected chi connectivity index (χ0v) is 15.7. The lowest BCUT2D eigenvalue weighted by atomic mass is 10.3. The summed E-state index contributed by atoms with van der Waals surface area (Å²) >= 11 is 1.65. The second kappa shape index (κ2) is 9.09. The number of guanidine groups is 1. The van der Waals surface area contributed by atoms with E-state index in [1.807, 2.05) is 17.5 Å². The number of ether oxygens (including phenoxy) is 1. The van der Waals surface area contributed by atoms with E-state index < -0.39 is 20.2 Å². The summed E-state index contributed by atoms with van der Waals surface area (Å²) in [5, 5.41) is 4.84. The normalized spacial score (nSPS) is 12.8. The molecule has 0 aliphatic rings. The fraction of sp³-hybridized carbons (Fsp3) is 0.312. The van der Waals surface area contributed by atoms with Gasteiger partial charge in [-0.3, -0.25) is 4.99 Å². The van der Waals surface area contributed by atoms with E-state index in [4.69, 9.17) is 10.5 Å². The minimum absolute atomic E-state index is 0.173. The van der Waals surface area contributed by atoms with Crippen molar-refractivity contribution in [2.24, 2.45) is 10.7 Å². The maximum atomic E-state index is 12.5. The Kier molecular flexibility index (Phi) is 7.08. The third-order valence-corrected chi connectivity index (χ3v) is 5.77. The lowest BCUT2D eigenvalue weighted by molar-refractivity contribution is -0.0436. The highest BCUT2D eigenvalue weighted by molar-refractivity contribution is 7.92. The van der Waals surface area contributed by atoms with Crippen LogP contribution in [0.15, 0.2) is 51.7 Å². The number of hydrogen-bond acceptors (Lipinski definition) is 5. The lowest BCUT2D eigenvalue weighted by Crippen LogP contribution is -2.34. The Morgan fingerprint density at radius 1 is 1.22 bits per heavy atom. The van der Waals surface area contributed by atoms with E-state index in [2.05, 4.69) is 10.3 Å². The molecule has 27 heavy (non-hydrogen) atoms.